The highest BCUT2D eigenvalue weighted by molar-refractivity contribution is 6.09. The molecule has 0 unspecified atom stereocenters. The van der Waals surface area contributed by atoms with Crippen molar-refractivity contribution in [1.82, 2.24) is 0 Å². The van der Waals surface area contributed by atoms with E-state index in [1.165, 1.54) is 6.08 Å². The molecule has 0 saturated heterocycles. The molecular formula is C27H25N3O5. The molecule has 3 aromatic rings. The number of hydrogen-bond donors (Lipinski definition) is 2. The molecule has 0 saturated carbocycles. The second kappa shape index (κ2) is 12.5. The van der Waals surface area contributed by atoms with Crippen LogP contribution in [0.2, 0.25) is 0 Å². The van der Waals surface area contributed by atoms with E-state index in [2.05, 4.69) is 10.6 Å². The molecule has 35 heavy (non-hydrogen) atoms. The second-order valence-corrected chi connectivity index (χ2v) is 7.18. The molecule has 0 heterocycles. The lowest BCUT2D eigenvalue weighted by atomic mass is 10.1. The summed E-state index contributed by atoms with van der Waals surface area (Å²) in [5.74, 6) is 0.800. The van der Waals surface area contributed by atoms with Gasteiger partial charge in [0.15, 0.2) is 6.61 Å². The Bertz CT molecular complexity index is 1230. The van der Waals surface area contributed by atoms with Gasteiger partial charge < -0.3 is 24.8 Å². The maximum Gasteiger partial charge on any atom is 0.266 e. The first-order valence-corrected chi connectivity index (χ1v) is 10.8. The highest BCUT2D eigenvalue weighted by Gasteiger charge is 2.12. The van der Waals surface area contributed by atoms with Gasteiger partial charge in [0.2, 0.25) is 0 Å². The van der Waals surface area contributed by atoms with Crippen molar-refractivity contribution in [1.29, 1.82) is 5.26 Å². The molecule has 8 nitrogen and oxygen atoms in total. The molecule has 0 aliphatic rings. The molecule has 178 valence electrons. The predicted octanol–water partition coefficient (Wildman–Crippen LogP) is 4.66. The van der Waals surface area contributed by atoms with Crippen LogP contribution in [0, 0.1) is 11.3 Å². The summed E-state index contributed by atoms with van der Waals surface area (Å²) in [6.45, 7) is 2.17. The highest BCUT2D eigenvalue weighted by Crippen LogP contribution is 2.22. The Kier molecular flexibility index (Phi) is 8.85. The third-order valence-electron chi connectivity index (χ3n) is 4.74. The number of carbonyl (C=O) groups excluding carboxylic acids is 2. The maximum atomic E-state index is 12.6. The number of amides is 2. The van der Waals surface area contributed by atoms with Crippen LogP contribution in [0.5, 0.6) is 17.2 Å². The number of para-hydroxylation sites is 1. The van der Waals surface area contributed by atoms with Crippen LogP contribution in [-0.4, -0.2) is 32.1 Å². The monoisotopic (exact) mass is 471 g/mol. The fourth-order valence-corrected chi connectivity index (χ4v) is 3.05. The zero-order valence-electron chi connectivity index (χ0n) is 19.4. The van der Waals surface area contributed by atoms with Gasteiger partial charge in [0, 0.05) is 16.9 Å². The molecule has 0 atom stereocenters. The van der Waals surface area contributed by atoms with Crippen molar-refractivity contribution in [3.8, 4) is 23.3 Å². The standard InChI is InChI=1S/C27H25N3O5/c1-3-34-24-14-10-22(11-15-24)30-27(32)20(17-28)16-19-6-4-5-7-25(19)35-18-26(31)29-21-8-12-23(33-2)13-9-21/h4-16H,3,18H2,1-2H3,(H,29,31)(H,30,32)/b20-16+. The topological polar surface area (TPSA) is 110 Å². The van der Waals surface area contributed by atoms with Crippen molar-refractivity contribution < 1.29 is 23.8 Å². The SMILES string of the molecule is CCOc1ccc(NC(=O)/C(C#N)=C/c2ccccc2OCC(=O)Nc2ccc(OC)cc2)cc1. The number of benzene rings is 3. The minimum Gasteiger partial charge on any atom is -0.497 e. The van der Waals surface area contributed by atoms with Gasteiger partial charge in [0.1, 0.15) is 28.9 Å². The average molecular weight is 472 g/mol. The zero-order chi connectivity index (χ0) is 25.0. The third kappa shape index (κ3) is 7.37. The van der Waals surface area contributed by atoms with Gasteiger partial charge in [-0.3, -0.25) is 9.59 Å². The Balaban J connectivity index is 1.65. The van der Waals surface area contributed by atoms with E-state index in [9.17, 15) is 14.9 Å². The molecule has 0 aliphatic heterocycles. The van der Waals surface area contributed by atoms with E-state index >= 15 is 0 Å². The van der Waals surface area contributed by atoms with E-state index in [4.69, 9.17) is 14.2 Å². The van der Waals surface area contributed by atoms with E-state index in [0.29, 0.717) is 40.8 Å². The minimum absolute atomic E-state index is 0.113. The van der Waals surface area contributed by atoms with Crippen LogP contribution in [0.1, 0.15) is 12.5 Å². The minimum atomic E-state index is -0.566. The molecule has 2 N–H and O–H groups in total. The normalized spacial score (nSPS) is 10.6. The number of methoxy groups -OCH3 is 1. The summed E-state index contributed by atoms with van der Waals surface area (Å²) in [5, 5.41) is 15.0. The smallest absolute Gasteiger partial charge is 0.266 e. The van der Waals surface area contributed by atoms with Crippen LogP contribution >= 0.6 is 0 Å². The first-order chi connectivity index (χ1) is 17.0. The first kappa shape index (κ1) is 24.9. The van der Waals surface area contributed by atoms with Crippen LogP contribution in [0.4, 0.5) is 11.4 Å². The molecule has 2 amide bonds. The van der Waals surface area contributed by atoms with Gasteiger partial charge in [0.25, 0.3) is 11.8 Å². The van der Waals surface area contributed by atoms with Crippen molar-refractivity contribution in [3.05, 3.63) is 83.9 Å². The summed E-state index contributed by atoms with van der Waals surface area (Å²) in [5.41, 5.74) is 1.51. The number of rotatable bonds is 10. The van der Waals surface area contributed by atoms with E-state index in [-0.39, 0.29) is 18.1 Å². The number of hydrogen-bond acceptors (Lipinski definition) is 6. The van der Waals surface area contributed by atoms with E-state index in [1.54, 1.807) is 79.9 Å². The lowest BCUT2D eigenvalue weighted by molar-refractivity contribution is -0.118. The van der Waals surface area contributed by atoms with E-state index in [1.807, 2.05) is 13.0 Å². The summed E-state index contributed by atoms with van der Waals surface area (Å²) in [4.78, 5) is 24.9. The summed E-state index contributed by atoms with van der Waals surface area (Å²) < 4.78 is 16.1. The van der Waals surface area contributed by atoms with Gasteiger partial charge in [-0.2, -0.15) is 5.26 Å². The summed E-state index contributed by atoms with van der Waals surface area (Å²) in [6, 6.07) is 22.5. The van der Waals surface area contributed by atoms with Crippen LogP contribution in [0.15, 0.2) is 78.4 Å². The van der Waals surface area contributed by atoms with Crippen molar-refractivity contribution in [2.24, 2.45) is 0 Å². The highest BCUT2D eigenvalue weighted by atomic mass is 16.5. The fraction of sp³-hybridized carbons (Fsp3) is 0.148. The zero-order valence-corrected chi connectivity index (χ0v) is 19.4. The van der Waals surface area contributed by atoms with Gasteiger partial charge >= 0.3 is 0 Å². The molecule has 0 aliphatic carbocycles. The fourth-order valence-electron chi connectivity index (χ4n) is 3.05. The maximum absolute atomic E-state index is 12.6. The number of ether oxygens (including phenoxy) is 3. The second-order valence-electron chi connectivity index (χ2n) is 7.18. The molecule has 3 aromatic carbocycles. The summed E-state index contributed by atoms with van der Waals surface area (Å²) >= 11 is 0. The van der Waals surface area contributed by atoms with Gasteiger partial charge in [-0.15, -0.1) is 0 Å². The van der Waals surface area contributed by atoms with E-state index in [0.717, 1.165) is 0 Å². The van der Waals surface area contributed by atoms with Crippen LogP contribution in [0.25, 0.3) is 6.08 Å². The van der Waals surface area contributed by atoms with Crippen molar-refractivity contribution in [2.75, 3.05) is 31.0 Å². The van der Waals surface area contributed by atoms with Crippen molar-refractivity contribution in [3.63, 3.8) is 0 Å². The Hall–Kier alpha value is -4.77. The summed E-state index contributed by atoms with van der Waals surface area (Å²) in [6.07, 6.45) is 1.42. The molecule has 0 bridgehead atoms. The Morgan fingerprint density at radius 3 is 2.14 bits per heavy atom. The van der Waals surface area contributed by atoms with E-state index < -0.39 is 5.91 Å². The van der Waals surface area contributed by atoms with Crippen LogP contribution in [-0.2, 0) is 9.59 Å². The molecular weight excluding hydrogens is 446 g/mol. The lowest BCUT2D eigenvalue weighted by Gasteiger charge is -2.11. The summed E-state index contributed by atoms with van der Waals surface area (Å²) in [7, 11) is 1.56. The molecule has 0 spiro atoms. The quantitative estimate of drug-likeness (QED) is 0.329. The largest absolute Gasteiger partial charge is 0.497 e. The van der Waals surface area contributed by atoms with Crippen LogP contribution < -0.4 is 24.8 Å². The Morgan fingerprint density at radius 1 is 0.886 bits per heavy atom. The first-order valence-electron chi connectivity index (χ1n) is 10.8. The molecule has 8 heteroatoms. The predicted molar refractivity (Wildman–Crippen MR) is 133 cm³/mol. The third-order valence-corrected chi connectivity index (χ3v) is 4.74. The molecule has 3 rings (SSSR count). The lowest BCUT2D eigenvalue weighted by Crippen LogP contribution is -2.20. The number of nitrogens with one attached hydrogen (secondary N) is 2. The molecule has 0 aromatic heterocycles. The van der Waals surface area contributed by atoms with Crippen molar-refractivity contribution >= 4 is 29.3 Å². The molecule has 0 radical (unpaired) electrons. The average Bonchev–Trinajstić information content (AvgIpc) is 2.88. The van der Waals surface area contributed by atoms with Gasteiger partial charge in [-0.25, -0.2) is 0 Å². The van der Waals surface area contributed by atoms with Crippen LogP contribution in [0.3, 0.4) is 0 Å². The Labute approximate surface area is 203 Å². The number of carbonyl (C=O) groups is 2. The van der Waals surface area contributed by atoms with Crippen molar-refractivity contribution in [2.45, 2.75) is 6.92 Å². The number of nitriles is 1. The Morgan fingerprint density at radius 2 is 1.51 bits per heavy atom. The number of anilines is 2. The van der Waals surface area contributed by atoms with Gasteiger partial charge in [-0.05, 0) is 67.6 Å². The van der Waals surface area contributed by atoms with Gasteiger partial charge in [-0.1, -0.05) is 18.2 Å². The number of nitrogens with zero attached hydrogens (tertiary/aromatic N) is 1. The van der Waals surface area contributed by atoms with Gasteiger partial charge in [0.05, 0.1) is 13.7 Å². The molecule has 0 fully saturated rings.